The second kappa shape index (κ2) is 4.69. The summed E-state index contributed by atoms with van der Waals surface area (Å²) in [4.78, 5) is 32.8. The molecule has 0 aromatic carbocycles. The van der Waals surface area contributed by atoms with E-state index in [0.717, 1.165) is 6.08 Å². The molecule has 1 heterocycles. The number of carbonyl (C=O) groups is 3. The fraction of sp³-hybridized carbons (Fsp3) is 0.375. The maximum atomic E-state index is 11.1. The molecular formula is C8H8NaO4. The Labute approximate surface area is 97.6 Å². The Bertz CT molecular complexity index is 293. The standard InChI is InChI=1S/C8H8O4.Na/c1-4-3-6(10)7(5(2)9)8(11)12-4;/h3,7H,1-2H3;. The van der Waals surface area contributed by atoms with E-state index in [9.17, 15) is 14.4 Å². The summed E-state index contributed by atoms with van der Waals surface area (Å²) >= 11 is 0. The third kappa shape index (κ3) is 2.76. The van der Waals surface area contributed by atoms with Crippen LogP contribution in [-0.2, 0) is 19.1 Å². The Balaban J connectivity index is 0.00000144. The minimum Gasteiger partial charge on any atom is -0.430 e. The van der Waals surface area contributed by atoms with Crippen LogP contribution >= 0.6 is 0 Å². The average Bonchev–Trinajstić information content (AvgIpc) is 1.82. The molecule has 4 nitrogen and oxygen atoms in total. The van der Waals surface area contributed by atoms with Crippen LogP contribution < -0.4 is 0 Å². The number of allylic oxidation sites excluding steroid dienone is 2. The number of esters is 1. The fourth-order valence-electron chi connectivity index (χ4n) is 1.01. The van der Waals surface area contributed by atoms with Crippen LogP contribution in [0.2, 0.25) is 0 Å². The summed E-state index contributed by atoms with van der Waals surface area (Å²) in [5.41, 5.74) is 0. The normalized spacial score (nSPS) is 21.4. The van der Waals surface area contributed by atoms with Crippen LogP contribution in [0.3, 0.4) is 0 Å². The first-order chi connectivity index (χ1) is 5.52. The van der Waals surface area contributed by atoms with Crippen molar-refractivity contribution in [1.82, 2.24) is 0 Å². The maximum Gasteiger partial charge on any atom is 0.329 e. The monoisotopic (exact) mass is 191 g/mol. The molecule has 0 N–H and O–H groups in total. The SMILES string of the molecule is CC(=O)C1C(=O)C=C(C)OC1=O.[Na]. The minimum atomic E-state index is -1.24. The van der Waals surface area contributed by atoms with Crippen molar-refractivity contribution < 1.29 is 19.1 Å². The van der Waals surface area contributed by atoms with Gasteiger partial charge in [-0.15, -0.1) is 0 Å². The van der Waals surface area contributed by atoms with Gasteiger partial charge in [0.05, 0.1) is 0 Å². The van der Waals surface area contributed by atoms with E-state index in [0.29, 0.717) is 0 Å². The summed E-state index contributed by atoms with van der Waals surface area (Å²) in [7, 11) is 0. The molecule has 65 valence electrons. The number of cyclic esters (lactones) is 1. The molecule has 1 rings (SSSR count). The number of ether oxygens (including phenoxy) is 1. The molecule has 0 saturated heterocycles. The second-order valence-corrected chi connectivity index (χ2v) is 2.62. The van der Waals surface area contributed by atoms with Crippen molar-refractivity contribution >= 4 is 47.1 Å². The zero-order valence-corrected chi connectivity index (χ0v) is 9.79. The van der Waals surface area contributed by atoms with Crippen LogP contribution in [0, 0.1) is 5.92 Å². The van der Waals surface area contributed by atoms with Gasteiger partial charge < -0.3 is 4.74 Å². The molecule has 0 aliphatic carbocycles. The van der Waals surface area contributed by atoms with Gasteiger partial charge in [-0.2, -0.15) is 0 Å². The van der Waals surface area contributed by atoms with Crippen molar-refractivity contribution in [3.05, 3.63) is 11.8 Å². The third-order valence-corrected chi connectivity index (χ3v) is 1.53. The van der Waals surface area contributed by atoms with Crippen molar-refractivity contribution in [3.63, 3.8) is 0 Å². The summed E-state index contributed by atoms with van der Waals surface area (Å²) in [5.74, 6) is -2.74. The fourth-order valence-corrected chi connectivity index (χ4v) is 1.01. The number of hydrogen-bond acceptors (Lipinski definition) is 4. The van der Waals surface area contributed by atoms with Gasteiger partial charge in [0.25, 0.3) is 0 Å². The van der Waals surface area contributed by atoms with Crippen LogP contribution in [0.1, 0.15) is 13.8 Å². The largest absolute Gasteiger partial charge is 0.430 e. The second-order valence-electron chi connectivity index (χ2n) is 2.62. The summed E-state index contributed by atoms with van der Waals surface area (Å²) in [6.45, 7) is 2.68. The molecule has 1 unspecified atom stereocenters. The Morgan fingerprint density at radius 3 is 2.38 bits per heavy atom. The molecule has 0 aromatic rings. The molecule has 0 spiro atoms. The molecule has 1 radical (unpaired) electrons. The summed E-state index contributed by atoms with van der Waals surface area (Å²) in [6.07, 6.45) is 1.16. The molecule has 0 amide bonds. The average molecular weight is 191 g/mol. The molecule has 13 heavy (non-hydrogen) atoms. The van der Waals surface area contributed by atoms with Gasteiger partial charge in [0, 0.05) is 35.6 Å². The molecule has 1 aliphatic rings. The Kier molecular flexibility index (Phi) is 4.53. The van der Waals surface area contributed by atoms with E-state index >= 15 is 0 Å². The molecule has 0 saturated carbocycles. The summed E-state index contributed by atoms with van der Waals surface area (Å²) in [5, 5.41) is 0. The molecule has 0 bridgehead atoms. The van der Waals surface area contributed by atoms with Gasteiger partial charge in [-0.1, -0.05) is 0 Å². The quantitative estimate of drug-likeness (QED) is 0.328. The smallest absolute Gasteiger partial charge is 0.329 e. The van der Waals surface area contributed by atoms with Crippen molar-refractivity contribution in [3.8, 4) is 0 Å². The van der Waals surface area contributed by atoms with Crippen molar-refractivity contribution in [2.45, 2.75) is 13.8 Å². The number of Topliss-reactive ketones (excluding diaryl/α,β-unsaturated/α-hetero) is 1. The maximum absolute atomic E-state index is 11.1. The number of ketones is 2. The van der Waals surface area contributed by atoms with E-state index in [-0.39, 0.29) is 35.3 Å². The topological polar surface area (TPSA) is 60.4 Å². The molecule has 1 aliphatic heterocycles. The van der Waals surface area contributed by atoms with E-state index in [1.165, 1.54) is 13.8 Å². The van der Waals surface area contributed by atoms with Gasteiger partial charge in [-0.05, 0) is 13.8 Å². The number of carbonyl (C=O) groups excluding carboxylic acids is 3. The first-order valence-corrected chi connectivity index (χ1v) is 3.46. The van der Waals surface area contributed by atoms with E-state index in [1.54, 1.807) is 0 Å². The Morgan fingerprint density at radius 1 is 1.46 bits per heavy atom. The van der Waals surface area contributed by atoms with Crippen molar-refractivity contribution in [2.75, 3.05) is 0 Å². The summed E-state index contributed by atoms with van der Waals surface area (Å²) in [6, 6.07) is 0. The van der Waals surface area contributed by atoms with Crippen LogP contribution in [0.15, 0.2) is 11.8 Å². The first kappa shape index (κ1) is 12.6. The van der Waals surface area contributed by atoms with Gasteiger partial charge >= 0.3 is 5.97 Å². The van der Waals surface area contributed by atoms with Gasteiger partial charge in [0.1, 0.15) is 5.76 Å². The molecule has 0 fully saturated rings. The van der Waals surface area contributed by atoms with E-state index in [1.807, 2.05) is 0 Å². The van der Waals surface area contributed by atoms with Gasteiger partial charge in [0.15, 0.2) is 17.5 Å². The zero-order valence-electron chi connectivity index (χ0n) is 7.79. The summed E-state index contributed by atoms with van der Waals surface area (Å²) < 4.78 is 4.61. The Hall–Kier alpha value is -0.450. The van der Waals surface area contributed by atoms with Crippen LogP contribution in [0.4, 0.5) is 0 Å². The van der Waals surface area contributed by atoms with Crippen LogP contribution in [0.5, 0.6) is 0 Å². The zero-order chi connectivity index (χ0) is 9.30. The van der Waals surface area contributed by atoms with Gasteiger partial charge in [0.2, 0.25) is 0 Å². The van der Waals surface area contributed by atoms with Crippen LogP contribution in [0.25, 0.3) is 0 Å². The first-order valence-electron chi connectivity index (χ1n) is 3.46. The molecule has 1 atom stereocenters. The van der Waals surface area contributed by atoms with E-state index in [4.69, 9.17) is 0 Å². The minimum absolute atomic E-state index is 0. The molecule has 0 aromatic heterocycles. The van der Waals surface area contributed by atoms with Crippen molar-refractivity contribution in [2.24, 2.45) is 5.92 Å². The molecule has 5 heteroatoms. The Morgan fingerprint density at radius 2 is 2.00 bits per heavy atom. The van der Waals surface area contributed by atoms with E-state index < -0.39 is 23.5 Å². The molecular weight excluding hydrogens is 183 g/mol. The number of rotatable bonds is 1. The van der Waals surface area contributed by atoms with Gasteiger partial charge in [-0.25, -0.2) is 0 Å². The third-order valence-electron chi connectivity index (χ3n) is 1.53. The number of hydrogen-bond donors (Lipinski definition) is 0. The van der Waals surface area contributed by atoms with Crippen LogP contribution in [-0.4, -0.2) is 47.1 Å². The predicted octanol–water partition coefficient (Wildman–Crippen LogP) is -0.159. The van der Waals surface area contributed by atoms with Gasteiger partial charge in [-0.3, -0.25) is 14.4 Å². The van der Waals surface area contributed by atoms with Crippen molar-refractivity contribution in [1.29, 1.82) is 0 Å². The predicted molar refractivity (Wildman–Crippen MR) is 44.8 cm³/mol. The van der Waals surface area contributed by atoms with E-state index in [2.05, 4.69) is 4.74 Å².